The summed E-state index contributed by atoms with van der Waals surface area (Å²) in [7, 11) is 0. The van der Waals surface area contributed by atoms with Gasteiger partial charge in [-0.1, -0.05) is 36.4 Å². The third-order valence-electron chi connectivity index (χ3n) is 5.77. The number of anilines is 1. The fourth-order valence-corrected chi connectivity index (χ4v) is 3.84. The van der Waals surface area contributed by atoms with E-state index in [-0.39, 0.29) is 29.4 Å². The van der Waals surface area contributed by atoms with Crippen molar-refractivity contribution in [3.63, 3.8) is 0 Å². The highest BCUT2D eigenvalue weighted by molar-refractivity contribution is 5.97. The third kappa shape index (κ3) is 5.53. The van der Waals surface area contributed by atoms with E-state index in [0.717, 1.165) is 37.1 Å². The molecule has 33 heavy (non-hydrogen) atoms. The van der Waals surface area contributed by atoms with Crippen molar-refractivity contribution in [3.05, 3.63) is 77.1 Å². The molecule has 1 aliphatic rings. The van der Waals surface area contributed by atoms with Gasteiger partial charge in [-0.3, -0.25) is 9.59 Å². The van der Waals surface area contributed by atoms with Gasteiger partial charge < -0.3 is 21.7 Å². The number of aromatic nitrogens is 2. The highest BCUT2D eigenvalue weighted by Crippen LogP contribution is 2.20. The van der Waals surface area contributed by atoms with Crippen molar-refractivity contribution < 1.29 is 9.59 Å². The van der Waals surface area contributed by atoms with Crippen molar-refractivity contribution in [2.24, 2.45) is 0 Å². The second-order valence-electron chi connectivity index (χ2n) is 8.20. The fraction of sp³-hybridized carbons (Fsp3) is 0.280. The fourth-order valence-electron chi connectivity index (χ4n) is 3.84. The summed E-state index contributed by atoms with van der Waals surface area (Å²) >= 11 is 0. The van der Waals surface area contributed by atoms with E-state index in [1.807, 2.05) is 37.3 Å². The van der Waals surface area contributed by atoms with Crippen LogP contribution in [-0.2, 0) is 6.54 Å². The maximum atomic E-state index is 12.8. The van der Waals surface area contributed by atoms with Gasteiger partial charge in [-0.15, -0.1) is 0 Å². The first-order chi connectivity index (χ1) is 16.0. The van der Waals surface area contributed by atoms with Gasteiger partial charge in [0, 0.05) is 30.3 Å². The van der Waals surface area contributed by atoms with Gasteiger partial charge in [0.1, 0.15) is 0 Å². The van der Waals surface area contributed by atoms with Gasteiger partial charge in [0.05, 0.1) is 11.9 Å². The number of piperidine rings is 1. The Hall–Kier alpha value is -3.78. The highest BCUT2D eigenvalue weighted by Gasteiger charge is 2.20. The molecular weight excluding hydrogens is 416 g/mol. The minimum Gasteiger partial charge on any atom is -0.382 e. The third-order valence-corrected chi connectivity index (χ3v) is 5.77. The van der Waals surface area contributed by atoms with Gasteiger partial charge in [0.15, 0.2) is 11.5 Å². The number of benzene rings is 2. The Balaban J connectivity index is 1.49. The standard InChI is InChI=1S/C25H28N6O2/c1-16-6-2-3-7-19(16)13-29-24(32)18-9-4-8-17(12-18)21-15-28-23(26)22(31-21)25(33)30-20-10-5-11-27-14-20/h2-4,6-9,12,15,20,27H,5,10-11,13-14H2,1H3,(H2,26,28)(H,29,32)(H,30,33)/t20-/m0/s1. The average Bonchev–Trinajstić information content (AvgIpc) is 2.84. The lowest BCUT2D eigenvalue weighted by molar-refractivity contribution is 0.0923. The predicted molar refractivity (Wildman–Crippen MR) is 128 cm³/mol. The number of nitrogens with one attached hydrogen (secondary N) is 3. The van der Waals surface area contributed by atoms with Crippen LogP contribution >= 0.6 is 0 Å². The van der Waals surface area contributed by atoms with Crippen LogP contribution in [0.5, 0.6) is 0 Å². The lowest BCUT2D eigenvalue weighted by Gasteiger charge is -2.23. The summed E-state index contributed by atoms with van der Waals surface area (Å²) in [5.74, 6) is -0.457. The number of rotatable bonds is 6. The van der Waals surface area contributed by atoms with Crippen LogP contribution in [0.3, 0.4) is 0 Å². The van der Waals surface area contributed by atoms with E-state index in [9.17, 15) is 9.59 Å². The molecule has 0 radical (unpaired) electrons. The van der Waals surface area contributed by atoms with Gasteiger partial charge in [-0.25, -0.2) is 9.97 Å². The molecule has 170 valence electrons. The van der Waals surface area contributed by atoms with Crippen molar-refractivity contribution in [1.82, 2.24) is 25.9 Å². The van der Waals surface area contributed by atoms with Crippen molar-refractivity contribution in [2.45, 2.75) is 32.4 Å². The Labute approximate surface area is 193 Å². The van der Waals surface area contributed by atoms with Crippen molar-refractivity contribution in [2.75, 3.05) is 18.8 Å². The molecule has 1 aliphatic heterocycles. The van der Waals surface area contributed by atoms with Crippen LogP contribution < -0.4 is 21.7 Å². The van der Waals surface area contributed by atoms with E-state index in [2.05, 4.69) is 25.9 Å². The molecule has 0 spiro atoms. The molecule has 0 unspecified atom stereocenters. The summed E-state index contributed by atoms with van der Waals surface area (Å²) in [6.07, 6.45) is 3.43. The SMILES string of the molecule is Cc1ccccc1CNC(=O)c1cccc(-c2cnc(N)c(C(=O)N[C@H]3CCCNC3)n2)c1. The van der Waals surface area contributed by atoms with Crippen LogP contribution in [0.25, 0.3) is 11.3 Å². The Bertz CT molecular complexity index is 1160. The molecule has 1 saturated heterocycles. The van der Waals surface area contributed by atoms with E-state index in [1.165, 1.54) is 6.20 Å². The van der Waals surface area contributed by atoms with Gasteiger partial charge in [0.25, 0.3) is 11.8 Å². The summed E-state index contributed by atoms with van der Waals surface area (Å²) in [6.45, 7) is 4.13. The zero-order chi connectivity index (χ0) is 23.2. The molecule has 8 nitrogen and oxygen atoms in total. The minimum absolute atomic E-state index is 0.0383. The quantitative estimate of drug-likeness (QED) is 0.463. The molecular formula is C25H28N6O2. The maximum Gasteiger partial charge on any atom is 0.274 e. The van der Waals surface area contributed by atoms with Crippen molar-refractivity contribution >= 4 is 17.6 Å². The summed E-state index contributed by atoms with van der Waals surface area (Å²) in [5.41, 5.74) is 9.88. The molecule has 5 N–H and O–H groups in total. The Morgan fingerprint density at radius 1 is 1.15 bits per heavy atom. The number of aryl methyl sites for hydroxylation is 1. The molecule has 0 saturated carbocycles. The van der Waals surface area contributed by atoms with Crippen molar-refractivity contribution in [3.8, 4) is 11.3 Å². The number of nitrogens with zero attached hydrogens (tertiary/aromatic N) is 2. The van der Waals surface area contributed by atoms with E-state index in [4.69, 9.17) is 5.73 Å². The zero-order valence-corrected chi connectivity index (χ0v) is 18.6. The number of hydrogen-bond donors (Lipinski definition) is 4. The largest absolute Gasteiger partial charge is 0.382 e. The number of hydrogen-bond acceptors (Lipinski definition) is 6. The van der Waals surface area contributed by atoms with E-state index in [1.54, 1.807) is 18.2 Å². The molecule has 8 heteroatoms. The predicted octanol–water partition coefficient (Wildman–Crippen LogP) is 2.45. The number of carbonyl (C=O) groups is 2. The molecule has 1 aromatic heterocycles. The van der Waals surface area contributed by atoms with Crippen LogP contribution in [0.1, 0.15) is 44.8 Å². The first-order valence-electron chi connectivity index (χ1n) is 11.1. The molecule has 2 amide bonds. The summed E-state index contributed by atoms with van der Waals surface area (Å²) < 4.78 is 0. The first kappa shape index (κ1) is 22.4. The van der Waals surface area contributed by atoms with Crippen LogP contribution in [-0.4, -0.2) is 40.9 Å². The molecule has 3 aromatic rings. The summed E-state index contributed by atoms with van der Waals surface area (Å²) in [4.78, 5) is 34.1. The van der Waals surface area contributed by atoms with Crippen LogP contribution in [0.15, 0.2) is 54.7 Å². The second-order valence-corrected chi connectivity index (χ2v) is 8.20. The van der Waals surface area contributed by atoms with Gasteiger partial charge in [-0.2, -0.15) is 0 Å². The highest BCUT2D eigenvalue weighted by atomic mass is 16.2. The van der Waals surface area contributed by atoms with E-state index >= 15 is 0 Å². The lowest BCUT2D eigenvalue weighted by Crippen LogP contribution is -2.46. The first-order valence-corrected chi connectivity index (χ1v) is 11.1. The van der Waals surface area contributed by atoms with Crippen LogP contribution in [0.4, 0.5) is 5.82 Å². The average molecular weight is 445 g/mol. The monoisotopic (exact) mass is 444 g/mol. The molecule has 2 heterocycles. The summed E-state index contributed by atoms with van der Waals surface area (Å²) in [5, 5.41) is 9.19. The maximum absolute atomic E-state index is 12.8. The number of nitrogens with two attached hydrogens (primary N) is 1. The Kier molecular flexibility index (Phi) is 6.95. The number of carbonyl (C=O) groups excluding carboxylic acids is 2. The second kappa shape index (κ2) is 10.2. The topological polar surface area (TPSA) is 122 Å². The molecule has 1 fully saturated rings. The van der Waals surface area contributed by atoms with E-state index < -0.39 is 0 Å². The molecule has 0 aliphatic carbocycles. The Morgan fingerprint density at radius 2 is 2.00 bits per heavy atom. The molecule has 0 bridgehead atoms. The summed E-state index contributed by atoms with van der Waals surface area (Å²) in [6, 6.07) is 15.1. The van der Waals surface area contributed by atoms with Gasteiger partial charge >= 0.3 is 0 Å². The minimum atomic E-state index is -0.345. The molecule has 4 rings (SSSR count). The molecule has 2 aromatic carbocycles. The lowest BCUT2D eigenvalue weighted by atomic mass is 10.1. The van der Waals surface area contributed by atoms with Gasteiger partial charge in [0.2, 0.25) is 0 Å². The van der Waals surface area contributed by atoms with Crippen LogP contribution in [0.2, 0.25) is 0 Å². The van der Waals surface area contributed by atoms with Gasteiger partial charge in [-0.05, 0) is 49.6 Å². The van der Waals surface area contributed by atoms with Crippen LogP contribution in [0, 0.1) is 6.92 Å². The van der Waals surface area contributed by atoms with E-state index in [0.29, 0.717) is 23.4 Å². The van der Waals surface area contributed by atoms with Crippen molar-refractivity contribution in [1.29, 1.82) is 0 Å². The normalized spacial score (nSPS) is 15.6. The Morgan fingerprint density at radius 3 is 2.79 bits per heavy atom. The number of amides is 2. The zero-order valence-electron chi connectivity index (χ0n) is 18.6. The smallest absolute Gasteiger partial charge is 0.274 e. The molecule has 1 atom stereocenters. The number of nitrogen functional groups attached to an aromatic ring is 1.